The van der Waals surface area contributed by atoms with E-state index in [0.29, 0.717) is 0 Å². The summed E-state index contributed by atoms with van der Waals surface area (Å²) in [5.74, 6) is 0.811. The fourth-order valence-electron chi connectivity index (χ4n) is 2.28. The quantitative estimate of drug-likeness (QED) is 0.809. The SMILES string of the molecule is CCc1nn(C)cc1NCC1CCNCC1. The highest BCUT2D eigenvalue weighted by Crippen LogP contribution is 2.17. The van der Waals surface area contributed by atoms with Gasteiger partial charge in [0.1, 0.15) is 0 Å². The highest BCUT2D eigenvalue weighted by atomic mass is 15.3. The number of nitrogens with zero attached hydrogens (tertiary/aromatic N) is 2. The Bertz CT molecular complexity index is 326. The third kappa shape index (κ3) is 2.76. The molecule has 2 N–H and O–H groups in total. The van der Waals surface area contributed by atoms with Crippen LogP contribution in [0.4, 0.5) is 5.69 Å². The molecule has 4 heteroatoms. The minimum absolute atomic E-state index is 0.811. The molecule has 0 bridgehead atoms. The third-order valence-corrected chi connectivity index (χ3v) is 3.28. The van der Waals surface area contributed by atoms with Gasteiger partial charge in [0.2, 0.25) is 0 Å². The highest BCUT2D eigenvalue weighted by molar-refractivity contribution is 5.46. The molecule has 90 valence electrons. The van der Waals surface area contributed by atoms with Crippen molar-refractivity contribution in [3.8, 4) is 0 Å². The Morgan fingerprint density at radius 2 is 2.25 bits per heavy atom. The van der Waals surface area contributed by atoms with E-state index < -0.39 is 0 Å². The molecule has 1 fully saturated rings. The maximum Gasteiger partial charge on any atom is 0.0853 e. The largest absolute Gasteiger partial charge is 0.382 e. The van der Waals surface area contributed by atoms with Crippen LogP contribution in [0.5, 0.6) is 0 Å². The van der Waals surface area contributed by atoms with E-state index in [-0.39, 0.29) is 0 Å². The minimum Gasteiger partial charge on any atom is -0.382 e. The second-order valence-electron chi connectivity index (χ2n) is 4.59. The van der Waals surface area contributed by atoms with Crippen LogP contribution < -0.4 is 10.6 Å². The van der Waals surface area contributed by atoms with Crippen molar-refractivity contribution in [3.05, 3.63) is 11.9 Å². The Morgan fingerprint density at radius 1 is 1.50 bits per heavy atom. The topological polar surface area (TPSA) is 41.9 Å². The molecule has 1 aromatic rings. The van der Waals surface area contributed by atoms with Gasteiger partial charge in [0.15, 0.2) is 0 Å². The molecule has 0 spiro atoms. The van der Waals surface area contributed by atoms with Crippen molar-refractivity contribution in [3.63, 3.8) is 0 Å². The first-order valence-electron chi connectivity index (χ1n) is 6.26. The normalized spacial score (nSPS) is 17.6. The van der Waals surface area contributed by atoms with Crippen LogP contribution in [-0.4, -0.2) is 29.4 Å². The van der Waals surface area contributed by atoms with Crippen LogP contribution in [0.3, 0.4) is 0 Å². The smallest absolute Gasteiger partial charge is 0.0853 e. The molecular formula is C12H22N4. The lowest BCUT2D eigenvalue weighted by atomic mass is 9.98. The molecule has 1 aliphatic rings. The van der Waals surface area contributed by atoms with Crippen molar-refractivity contribution < 1.29 is 0 Å². The Hall–Kier alpha value is -1.03. The van der Waals surface area contributed by atoms with Gasteiger partial charge < -0.3 is 10.6 Å². The molecule has 0 amide bonds. The zero-order valence-electron chi connectivity index (χ0n) is 10.3. The molecule has 0 saturated carbocycles. The van der Waals surface area contributed by atoms with E-state index in [0.717, 1.165) is 18.9 Å². The molecule has 2 rings (SSSR count). The zero-order valence-corrected chi connectivity index (χ0v) is 10.3. The summed E-state index contributed by atoms with van der Waals surface area (Å²) in [6, 6.07) is 0. The van der Waals surface area contributed by atoms with Gasteiger partial charge in [-0.2, -0.15) is 5.10 Å². The molecule has 1 saturated heterocycles. The van der Waals surface area contributed by atoms with Crippen LogP contribution in [0.1, 0.15) is 25.5 Å². The van der Waals surface area contributed by atoms with Gasteiger partial charge in [-0.15, -0.1) is 0 Å². The van der Waals surface area contributed by atoms with E-state index in [1.54, 1.807) is 0 Å². The first-order valence-corrected chi connectivity index (χ1v) is 6.26. The first kappa shape index (κ1) is 11.5. The van der Waals surface area contributed by atoms with Crippen LogP contribution in [0.25, 0.3) is 0 Å². The van der Waals surface area contributed by atoms with Gasteiger partial charge >= 0.3 is 0 Å². The number of aromatic nitrogens is 2. The third-order valence-electron chi connectivity index (χ3n) is 3.28. The fraction of sp³-hybridized carbons (Fsp3) is 0.750. The van der Waals surface area contributed by atoms with E-state index in [4.69, 9.17) is 0 Å². The highest BCUT2D eigenvalue weighted by Gasteiger charge is 2.13. The van der Waals surface area contributed by atoms with Crippen LogP contribution in [0.15, 0.2) is 6.20 Å². The monoisotopic (exact) mass is 222 g/mol. The number of rotatable bonds is 4. The lowest BCUT2D eigenvalue weighted by molar-refractivity contribution is 0.390. The van der Waals surface area contributed by atoms with Gasteiger partial charge in [-0.3, -0.25) is 4.68 Å². The zero-order chi connectivity index (χ0) is 11.4. The van der Waals surface area contributed by atoms with E-state index >= 15 is 0 Å². The molecule has 0 aliphatic carbocycles. The van der Waals surface area contributed by atoms with Crippen molar-refractivity contribution in [2.75, 3.05) is 25.0 Å². The van der Waals surface area contributed by atoms with Crippen molar-refractivity contribution >= 4 is 5.69 Å². The molecule has 16 heavy (non-hydrogen) atoms. The maximum absolute atomic E-state index is 4.43. The molecule has 2 heterocycles. The Morgan fingerprint density at radius 3 is 2.94 bits per heavy atom. The summed E-state index contributed by atoms with van der Waals surface area (Å²) in [4.78, 5) is 0. The summed E-state index contributed by atoms with van der Waals surface area (Å²) >= 11 is 0. The predicted octanol–water partition coefficient (Wildman–Crippen LogP) is 1.39. The Labute approximate surface area is 97.4 Å². The van der Waals surface area contributed by atoms with Crippen LogP contribution in [0.2, 0.25) is 0 Å². The number of hydrogen-bond donors (Lipinski definition) is 2. The standard InChI is InChI=1S/C12H22N4/c1-3-11-12(9-16(2)15-11)14-8-10-4-6-13-7-5-10/h9-10,13-14H,3-8H2,1-2H3. The summed E-state index contributed by atoms with van der Waals surface area (Å²) in [6.07, 6.45) is 5.65. The maximum atomic E-state index is 4.43. The van der Waals surface area contributed by atoms with Crippen molar-refractivity contribution in [1.29, 1.82) is 0 Å². The fourth-order valence-corrected chi connectivity index (χ4v) is 2.28. The lowest BCUT2D eigenvalue weighted by Gasteiger charge is -2.23. The summed E-state index contributed by atoms with van der Waals surface area (Å²) < 4.78 is 1.89. The molecule has 0 aromatic carbocycles. The van der Waals surface area contributed by atoms with Crippen molar-refractivity contribution in [2.45, 2.75) is 26.2 Å². The van der Waals surface area contributed by atoms with E-state index in [2.05, 4.69) is 28.9 Å². The average molecular weight is 222 g/mol. The van der Waals surface area contributed by atoms with Gasteiger partial charge in [-0.05, 0) is 38.3 Å². The second-order valence-corrected chi connectivity index (χ2v) is 4.59. The van der Waals surface area contributed by atoms with Crippen molar-refractivity contribution in [1.82, 2.24) is 15.1 Å². The van der Waals surface area contributed by atoms with Gasteiger partial charge in [0.25, 0.3) is 0 Å². The van der Waals surface area contributed by atoms with Gasteiger partial charge in [-0.25, -0.2) is 0 Å². The number of piperidine rings is 1. The number of hydrogen-bond acceptors (Lipinski definition) is 3. The summed E-state index contributed by atoms with van der Waals surface area (Å²) in [7, 11) is 1.98. The van der Waals surface area contributed by atoms with Crippen LogP contribution >= 0.6 is 0 Å². The van der Waals surface area contributed by atoms with Crippen LogP contribution in [-0.2, 0) is 13.5 Å². The first-order chi connectivity index (χ1) is 7.79. The summed E-state index contributed by atoms with van der Waals surface area (Å²) in [5.41, 5.74) is 2.39. The molecule has 1 aromatic heterocycles. The predicted molar refractivity (Wildman–Crippen MR) is 66.7 cm³/mol. The minimum atomic E-state index is 0.811. The van der Waals surface area contributed by atoms with Gasteiger partial charge in [0, 0.05) is 19.8 Å². The van der Waals surface area contributed by atoms with E-state index in [9.17, 15) is 0 Å². The Kier molecular flexibility index (Phi) is 3.83. The molecule has 4 nitrogen and oxygen atoms in total. The average Bonchev–Trinajstić information content (AvgIpc) is 2.68. The summed E-state index contributed by atoms with van der Waals surface area (Å²) in [5, 5.41) is 11.4. The van der Waals surface area contributed by atoms with Crippen molar-refractivity contribution in [2.24, 2.45) is 13.0 Å². The Balaban J connectivity index is 1.87. The van der Waals surface area contributed by atoms with E-state index in [1.807, 2.05) is 11.7 Å². The molecule has 1 aliphatic heterocycles. The van der Waals surface area contributed by atoms with Gasteiger partial charge in [-0.1, -0.05) is 6.92 Å². The summed E-state index contributed by atoms with van der Waals surface area (Å²) in [6.45, 7) is 5.57. The van der Waals surface area contributed by atoms with Crippen LogP contribution in [0, 0.1) is 5.92 Å². The van der Waals surface area contributed by atoms with Gasteiger partial charge in [0.05, 0.1) is 11.4 Å². The molecule has 0 atom stereocenters. The van der Waals surface area contributed by atoms with E-state index in [1.165, 1.54) is 37.3 Å². The lowest BCUT2D eigenvalue weighted by Crippen LogP contribution is -2.31. The second kappa shape index (κ2) is 5.34. The number of nitrogens with one attached hydrogen (secondary N) is 2. The molecule has 0 radical (unpaired) electrons. The molecular weight excluding hydrogens is 200 g/mol. The number of aryl methyl sites for hydroxylation is 2. The molecule has 0 unspecified atom stereocenters. The number of anilines is 1.